The lowest BCUT2D eigenvalue weighted by Crippen LogP contribution is -2.45. The van der Waals surface area contributed by atoms with E-state index in [1.807, 2.05) is 31.2 Å². The predicted octanol–water partition coefficient (Wildman–Crippen LogP) is 4.52. The molecule has 0 unspecified atom stereocenters. The number of aromatic nitrogens is 3. The summed E-state index contributed by atoms with van der Waals surface area (Å²) in [7, 11) is 0. The first-order valence-electron chi connectivity index (χ1n) is 11.0. The van der Waals surface area contributed by atoms with Gasteiger partial charge in [0.05, 0.1) is 6.61 Å². The van der Waals surface area contributed by atoms with Crippen molar-refractivity contribution >= 4 is 29.7 Å². The van der Waals surface area contributed by atoms with Gasteiger partial charge in [0.25, 0.3) is 0 Å². The van der Waals surface area contributed by atoms with Crippen LogP contribution in [0.4, 0.5) is 0 Å². The topological polar surface area (TPSA) is 81.2 Å². The molecule has 1 aliphatic rings. The molecule has 0 spiro atoms. The van der Waals surface area contributed by atoms with Crippen molar-refractivity contribution in [3.63, 3.8) is 0 Å². The van der Waals surface area contributed by atoms with Gasteiger partial charge in [-0.2, -0.15) is 5.10 Å². The van der Waals surface area contributed by atoms with Crippen molar-refractivity contribution in [1.29, 1.82) is 0 Å². The van der Waals surface area contributed by atoms with Crippen LogP contribution in [0.15, 0.2) is 48.5 Å². The lowest BCUT2D eigenvalue weighted by atomic mass is 9.74. The van der Waals surface area contributed by atoms with Crippen LogP contribution in [-0.4, -0.2) is 47.0 Å². The van der Waals surface area contributed by atoms with E-state index in [0.717, 1.165) is 24.2 Å². The van der Waals surface area contributed by atoms with Crippen molar-refractivity contribution < 1.29 is 14.3 Å². The maximum atomic E-state index is 13.0. The minimum absolute atomic E-state index is 0.0726. The standard InChI is InChI=1S/C24H27ClN4O3S/c1-2-32-20-9-5-18(6-10-20)24(11-13-31-14-12-24)16-26-21(30)15-29-22(27-28-23(29)33)17-3-7-19(25)8-4-17/h3-10H,2,11-16H2,1H3,(H,26,30)(H,28,33). The number of aromatic amines is 1. The molecule has 9 heteroatoms. The molecule has 7 nitrogen and oxygen atoms in total. The van der Waals surface area contributed by atoms with Gasteiger partial charge in [-0.1, -0.05) is 23.7 Å². The molecule has 1 aliphatic heterocycles. The SMILES string of the molecule is CCOc1ccc(C2(CNC(=O)Cn3c(-c4ccc(Cl)cc4)n[nH]c3=S)CCOCC2)cc1. The van der Waals surface area contributed by atoms with Gasteiger partial charge in [0.1, 0.15) is 12.3 Å². The van der Waals surface area contributed by atoms with Crippen LogP contribution in [0.5, 0.6) is 5.75 Å². The number of halogens is 1. The fraction of sp³-hybridized carbons (Fsp3) is 0.375. The number of nitrogens with zero attached hydrogens (tertiary/aromatic N) is 2. The summed E-state index contributed by atoms with van der Waals surface area (Å²) in [4.78, 5) is 13.0. The van der Waals surface area contributed by atoms with E-state index < -0.39 is 0 Å². The van der Waals surface area contributed by atoms with Gasteiger partial charge in [0, 0.05) is 35.8 Å². The van der Waals surface area contributed by atoms with Crippen molar-refractivity contribution in [3.05, 3.63) is 63.9 Å². The first-order valence-corrected chi connectivity index (χ1v) is 11.8. The number of nitrogens with one attached hydrogen (secondary N) is 2. The molecule has 0 aliphatic carbocycles. The lowest BCUT2D eigenvalue weighted by molar-refractivity contribution is -0.122. The second-order valence-corrected chi connectivity index (χ2v) is 8.90. The average molecular weight is 487 g/mol. The molecule has 0 radical (unpaired) electrons. The van der Waals surface area contributed by atoms with Crippen molar-refractivity contribution in [2.75, 3.05) is 26.4 Å². The second-order valence-electron chi connectivity index (χ2n) is 8.07. The number of hydrogen-bond acceptors (Lipinski definition) is 5. The number of ether oxygens (including phenoxy) is 2. The van der Waals surface area contributed by atoms with Gasteiger partial charge in [0.2, 0.25) is 5.91 Å². The Morgan fingerprint density at radius 1 is 1.21 bits per heavy atom. The van der Waals surface area contributed by atoms with Crippen molar-refractivity contribution in [2.45, 2.75) is 31.7 Å². The zero-order valence-corrected chi connectivity index (χ0v) is 20.0. The van der Waals surface area contributed by atoms with Crippen molar-refractivity contribution in [3.8, 4) is 17.1 Å². The third-order valence-corrected chi connectivity index (χ3v) is 6.58. The molecule has 0 atom stereocenters. The van der Waals surface area contributed by atoms with E-state index in [0.29, 0.717) is 42.0 Å². The smallest absolute Gasteiger partial charge is 0.240 e. The van der Waals surface area contributed by atoms with Crippen LogP contribution < -0.4 is 10.1 Å². The summed E-state index contributed by atoms with van der Waals surface area (Å²) in [5.41, 5.74) is 1.82. The van der Waals surface area contributed by atoms with Gasteiger partial charge in [-0.15, -0.1) is 0 Å². The molecule has 1 saturated heterocycles. The molecule has 4 rings (SSSR count). The number of carbonyl (C=O) groups excluding carboxylic acids is 1. The van der Waals surface area contributed by atoms with Crippen LogP contribution in [0.25, 0.3) is 11.4 Å². The maximum absolute atomic E-state index is 13.0. The molecule has 1 fully saturated rings. The Morgan fingerprint density at radius 3 is 2.58 bits per heavy atom. The summed E-state index contributed by atoms with van der Waals surface area (Å²) < 4.78 is 13.3. The summed E-state index contributed by atoms with van der Waals surface area (Å²) in [5.74, 6) is 1.31. The Kier molecular flexibility index (Phi) is 7.47. The summed E-state index contributed by atoms with van der Waals surface area (Å²) >= 11 is 11.4. The molecule has 3 aromatic rings. The van der Waals surface area contributed by atoms with Crippen LogP contribution >= 0.6 is 23.8 Å². The summed E-state index contributed by atoms with van der Waals surface area (Å²) in [6.07, 6.45) is 1.67. The highest BCUT2D eigenvalue weighted by Gasteiger charge is 2.35. The van der Waals surface area contributed by atoms with Gasteiger partial charge < -0.3 is 14.8 Å². The molecule has 33 heavy (non-hydrogen) atoms. The monoisotopic (exact) mass is 486 g/mol. The highest BCUT2D eigenvalue weighted by atomic mass is 35.5. The zero-order chi connectivity index (χ0) is 23.3. The molecule has 1 amide bonds. The Balaban J connectivity index is 1.48. The Labute approximate surface area is 203 Å². The van der Waals surface area contributed by atoms with Gasteiger partial charge in [0.15, 0.2) is 10.6 Å². The molecule has 2 heterocycles. The second kappa shape index (κ2) is 10.5. The van der Waals surface area contributed by atoms with Crippen LogP contribution in [-0.2, 0) is 21.5 Å². The van der Waals surface area contributed by atoms with E-state index in [1.165, 1.54) is 5.56 Å². The highest BCUT2D eigenvalue weighted by Crippen LogP contribution is 2.35. The first kappa shape index (κ1) is 23.5. The predicted molar refractivity (Wildman–Crippen MR) is 130 cm³/mol. The molecule has 2 aromatic carbocycles. The minimum atomic E-state index is -0.185. The molecular formula is C24H27ClN4O3S. The molecule has 1 aromatic heterocycles. The first-order chi connectivity index (χ1) is 16.0. The zero-order valence-electron chi connectivity index (χ0n) is 18.5. The Bertz CT molecular complexity index is 1140. The largest absolute Gasteiger partial charge is 0.494 e. The number of rotatable bonds is 8. The van der Waals surface area contributed by atoms with Crippen LogP contribution in [0.2, 0.25) is 5.02 Å². The minimum Gasteiger partial charge on any atom is -0.494 e. The number of hydrogen-bond donors (Lipinski definition) is 2. The number of benzene rings is 2. The van der Waals surface area contributed by atoms with Crippen molar-refractivity contribution in [2.24, 2.45) is 0 Å². The van der Waals surface area contributed by atoms with E-state index >= 15 is 0 Å². The number of carbonyl (C=O) groups is 1. The summed E-state index contributed by atoms with van der Waals surface area (Å²) in [6, 6.07) is 15.4. The Morgan fingerprint density at radius 2 is 1.91 bits per heavy atom. The molecular weight excluding hydrogens is 460 g/mol. The van der Waals surface area contributed by atoms with Gasteiger partial charge in [-0.05, 0) is 73.9 Å². The average Bonchev–Trinajstić information content (AvgIpc) is 3.19. The summed E-state index contributed by atoms with van der Waals surface area (Å²) in [5, 5.41) is 10.8. The quantitative estimate of drug-likeness (QED) is 0.457. The van der Waals surface area contributed by atoms with E-state index in [-0.39, 0.29) is 17.9 Å². The van der Waals surface area contributed by atoms with E-state index in [9.17, 15) is 4.79 Å². The van der Waals surface area contributed by atoms with E-state index in [4.69, 9.17) is 33.3 Å². The fourth-order valence-corrected chi connectivity index (χ4v) is 4.47. The summed E-state index contributed by atoms with van der Waals surface area (Å²) in [6.45, 7) is 4.51. The highest BCUT2D eigenvalue weighted by molar-refractivity contribution is 7.71. The van der Waals surface area contributed by atoms with Gasteiger partial charge in [-0.3, -0.25) is 14.5 Å². The van der Waals surface area contributed by atoms with E-state index in [1.54, 1.807) is 16.7 Å². The van der Waals surface area contributed by atoms with E-state index in [2.05, 4.69) is 27.6 Å². The third-order valence-electron chi connectivity index (χ3n) is 6.01. The van der Waals surface area contributed by atoms with Gasteiger partial charge >= 0.3 is 0 Å². The number of H-pyrrole nitrogens is 1. The molecule has 0 bridgehead atoms. The van der Waals surface area contributed by atoms with Crippen molar-refractivity contribution in [1.82, 2.24) is 20.1 Å². The normalized spacial score (nSPS) is 15.2. The molecule has 174 valence electrons. The van der Waals surface area contributed by atoms with Gasteiger partial charge in [-0.25, -0.2) is 0 Å². The third kappa shape index (κ3) is 5.46. The lowest BCUT2D eigenvalue weighted by Gasteiger charge is -2.38. The molecule has 2 N–H and O–H groups in total. The molecule has 0 saturated carbocycles. The van der Waals surface area contributed by atoms with Crippen LogP contribution in [0, 0.1) is 4.77 Å². The van der Waals surface area contributed by atoms with Crippen LogP contribution in [0.1, 0.15) is 25.3 Å². The maximum Gasteiger partial charge on any atom is 0.240 e. The number of amides is 1. The Hall–Kier alpha value is -2.68. The fourth-order valence-electron chi connectivity index (χ4n) is 4.15. The van der Waals surface area contributed by atoms with Crippen LogP contribution in [0.3, 0.4) is 0 Å².